The molecular weight excluding hydrogens is 264 g/mol. The molecule has 1 aliphatic rings. The van der Waals surface area contributed by atoms with Gasteiger partial charge in [0.05, 0.1) is 19.2 Å². The van der Waals surface area contributed by atoms with E-state index in [1.807, 2.05) is 6.07 Å². The van der Waals surface area contributed by atoms with Crippen molar-refractivity contribution in [2.45, 2.75) is 19.4 Å². The predicted molar refractivity (Wildman–Crippen MR) is 84.0 cm³/mol. The van der Waals surface area contributed by atoms with Gasteiger partial charge in [0, 0.05) is 19.7 Å². The maximum absolute atomic E-state index is 9.02. The normalized spacial score (nSPS) is 18.3. The van der Waals surface area contributed by atoms with Gasteiger partial charge in [0.15, 0.2) is 0 Å². The lowest BCUT2D eigenvalue weighted by Crippen LogP contribution is -2.20. The third-order valence-electron chi connectivity index (χ3n) is 3.90. The van der Waals surface area contributed by atoms with Crippen LogP contribution in [0.5, 0.6) is 5.75 Å². The van der Waals surface area contributed by atoms with Gasteiger partial charge in [-0.15, -0.1) is 0 Å². The van der Waals surface area contributed by atoms with E-state index in [1.54, 1.807) is 7.11 Å². The molecule has 1 unspecified atom stereocenters. The molecule has 1 aliphatic heterocycles. The van der Waals surface area contributed by atoms with Crippen LogP contribution in [0.4, 0.5) is 0 Å². The van der Waals surface area contributed by atoms with Crippen LogP contribution >= 0.6 is 0 Å². The molecule has 1 atom stereocenters. The number of nitrogens with zero attached hydrogens (tertiary/aromatic N) is 1. The average molecular weight is 288 g/mol. The van der Waals surface area contributed by atoms with Crippen LogP contribution in [0.1, 0.15) is 24.0 Å². The predicted octanol–water partition coefficient (Wildman–Crippen LogP) is 1.21. The largest absolute Gasteiger partial charge is 0.495 e. The highest BCUT2D eigenvalue weighted by molar-refractivity contribution is 5.48. The standard InChI is InChI=1S/C17H24N2O2/c1-21-17-5-4-15(11-16(17)3-2-8-18)13-19-9-6-14(12-19)7-10-20/h4-5,11,14,20H,6-10,12-13,18H2,1H3. The van der Waals surface area contributed by atoms with Gasteiger partial charge in [-0.2, -0.15) is 0 Å². The quantitative estimate of drug-likeness (QED) is 0.800. The molecule has 1 heterocycles. The Hall–Kier alpha value is -1.54. The van der Waals surface area contributed by atoms with Crippen LogP contribution in [-0.4, -0.2) is 43.4 Å². The summed E-state index contributed by atoms with van der Waals surface area (Å²) in [6, 6.07) is 6.14. The van der Waals surface area contributed by atoms with E-state index in [0.717, 1.165) is 37.4 Å². The lowest BCUT2D eigenvalue weighted by atomic mass is 10.1. The fourth-order valence-electron chi connectivity index (χ4n) is 2.83. The van der Waals surface area contributed by atoms with E-state index in [2.05, 4.69) is 28.9 Å². The van der Waals surface area contributed by atoms with Crippen molar-refractivity contribution in [3.05, 3.63) is 29.3 Å². The van der Waals surface area contributed by atoms with E-state index in [0.29, 0.717) is 19.1 Å². The van der Waals surface area contributed by atoms with Gasteiger partial charge in [-0.05, 0) is 43.0 Å². The zero-order valence-electron chi connectivity index (χ0n) is 12.6. The molecule has 4 nitrogen and oxygen atoms in total. The van der Waals surface area contributed by atoms with Gasteiger partial charge in [0.2, 0.25) is 0 Å². The zero-order valence-corrected chi connectivity index (χ0v) is 12.6. The molecule has 2 rings (SSSR count). The number of methoxy groups -OCH3 is 1. The van der Waals surface area contributed by atoms with Crippen molar-refractivity contribution in [1.29, 1.82) is 0 Å². The topological polar surface area (TPSA) is 58.7 Å². The minimum atomic E-state index is 0.292. The Labute approximate surface area is 126 Å². The second-order valence-electron chi connectivity index (χ2n) is 5.44. The van der Waals surface area contributed by atoms with Crippen LogP contribution < -0.4 is 10.5 Å². The molecule has 1 fully saturated rings. The fourth-order valence-corrected chi connectivity index (χ4v) is 2.83. The molecule has 3 N–H and O–H groups in total. The fraction of sp³-hybridized carbons (Fsp3) is 0.529. The third kappa shape index (κ3) is 4.47. The van der Waals surface area contributed by atoms with E-state index in [1.165, 1.54) is 12.0 Å². The number of ether oxygens (including phenoxy) is 1. The van der Waals surface area contributed by atoms with Gasteiger partial charge in [0.25, 0.3) is 0 Å². The molecule has 1 aromatic rings. The van der Waals surface area contributed by atoms with Crippen molar-refractivity contribution in [2.75, 3.05) is 33.4 Å². The van der Waals surface area contributed by atoms with Crippen LogP contribution in [-0.2, 0) is 6.54 Å². The zero-order chi connectivity index (χ0) is 15.1. The summed E-state index contributed by atoms with van der Waals surface area (Å²) in [5.74, 6) is 7.37. The van der Waals surface area contributed by atoms with E-state index in [9.17, 15) is 0 Å². The SMILES string of the molecule is COc1ccc(CN2CCC(CCO)C2)cc1C#CCN. The van der Waals surface area contributed by atoms with E-state index in [4.69, 9.17) is 15.6 Å². The van der Waals surface area contributed by atoms with Crippen molar-refractivity contribution < 1.29 is 9.84 Å². The van der Waals surface area contributed by atoms with Gasteiger partial charge >= 0.3 is 0 Å². The molecule has 0 spiro atoms. The molecule has 0 aromatic heterocycles. The monoisotopic (exact) mass is 288 g/mol. The van der Waals surface area contributed by atoms with E-state index < -0.39 is 0 Å². The van der Waals surface area contributed by atoms with Crippen LogP contribution in [0.3, 0.4) is 0 Å². The van der Waals surface area contributed by atoms with Crippen LogP contribution in [0, 0.1) is 17.8 Å². The van der Waals surface area contributed by atoms with Crippen LogP contribution in [0.25, 0.3) is 0 Å². The van der Waals surface area contributed by atoms with E-state index >= 15 is 0 Å². The summed E-state index contributed by atoms with van der Waals surface area (Å²) < 4.78 is 5.33. The van der Waals surface area contributed by atoms with E-state index in [-0.39, 0.29) is 0 Å². The minimum absolute atomic E-state index is 0.292. The Balaban J connectivity index is 2.04. The maximum atomic E-state index is 9.02. The highest BCUT2D eigenvalue weighted by Crippen LogP contribution is 2.24. The lowest BCUT2D eigenvalue weighted by molar-refractivity contribution is 0.249. The van der Waals surface area contributed by atoms with Crippen LogP contribution in [0.15, 0.2) is 18.2 Å². The number of aliphatic hydroxyl groups excluding tert-OH is 1. The highest BCUT2D eigenvalue weighted by Gasteiger charge is 2.21. The summed E-state index contributed by atoms with van der Waals surface area (Å²) in [5, 5.41) is 9.02. The summed E-state index contributed by atoms with van der Waals surface area (Å²) >= 11 is 0. The second-order valence-corrected chi connectivity index (χ2v) is 5.44. The van der Waals surface area contributed by atoms with Gasteiger partial charge in [-0.3, -0.25) is 4.90 Å². The first-order valence-electron chi connectivity index (χ1n) is 7.46. The molecule has 0 bridgehead atoms. The summed E-state index contributed by atoms with van der Waals surface area (Å²) in [6.45, 7) is 3.72. The first-order chi connectivity index (χ1) is 10.3. The van der Waals surface area contributed by atoms with Crippen LogP contribution in [0.2, 0.25) is 0 Å². The molecule has 0 saturated carbocycles. The van der Waals surface area contributed by atoms with Gasteiger partial charge in [-0.25, -0.2) is 0 Å². The van der Waals surface area contributed by atoms with Crippen molar-refractivity contribution in [3.63, 3.8) is 0 Å². The number of nitrogens with two attached hydrogens (primary N) is 1. The molecule has 4 heteroatoms. The summed E-state index contributed by atoms with van der Waals surface area (Å²) in [5.41, 5.74) is 7.57. The molecule has 1 aromatic carbocycles. The Kier molecular flexibility index (Phi) is 6.06. The van der Waals surface area contributed by atoms with Gasteiger partial charge in [0.1, 0.15) is 5.75 Å². The smallest absolute Gasteiger partial charge is 0.134 e. The lowest BCUT2D eigenvalue weighted by Gasteiger charge is -2.16. The number of hydrogen-bond donors (Lipinski definition) is 2. The molecule has 0 radical (unpaired) electrons. The Morgan fingerprint density at radius 3 is 3.05 bits per heavy atom. The molecular formula is C17H24N2O2. The Bertz CT molecular complexity index is 519. The molecule has 21 heavy (non-hydrogen) atoms. The molecule has 114 valence electrons. The summed E-state index contributed by atoms with van der Waals surface area (Å²) in [4.78, 5) is 2.43. The van der Waals surface area contributed by atoms with Gasteiger partial charge < -0.3 is 15.6 Å². The molecule has 0 aliphatic carbocycles. The summed E-state index contributed by atoms with van der Waals surface area (Å²) in [7, 11) is 1.66. The first-order valence-corrected chi connectivity index (χ1v) is 7.46. The minimum Gasteiger partial charge on any atom is -0.495 e. The first kappa shape index (κ1) is 15.8. The Morgan fingerprint density at radius 2 is 2.33 bits per heavy atom. The number of benzene rings is 1. The van der Waals surface area contributed by atoms with Crippen molar-refractivity contribution in [2.24, 2.45) is 11.7 Å². The summed E-state index contributed by atoms with van der Waals surface area (Å²) in [6.07, 6.45) is 2.09. The molecule has 0 amide bonds. The third-order valence-corrected chi connectivity index (χ3v) is 3.90. The number of hydrogen-bond acceptors (Lipinski definition) is 4. The highest BCUT2D eigenvalue weighted by atomic mass is 16.5. The van der Waals surface area contributed by atoms with Crippen molar-refractivity contribution in [1.82, 2.24) is 4.90 Å². The average Bonchev–Trinajstić information content (AvgIpc) is 2.93. The number of rotatable bonds is 5. The number of aliphatic hydroxyl groups is 1. The maximum Gasteiger partial charge on any atom is 0.134 e. The van der Waals surface area contributed by atoms with Crippen molar-refractivity contribution in [3.8, 4) is 17.6 Å². The Morgan fingerprint density at radius 1 is 1.48 bits per heavy atom. The van der Waals surface area contributed by atoms with Crippen molar-refractivity contribution >= 4 is 0 Å². The second kappa shape index (κ2) is 8.04. The number of likely N-dealkylation sites (tertiary alicyclic amines) is 1. The van der Waals surface area contributed by atoms with Gasteiger partial charge in [-0.1, -0.05) is 17.9 Å². The molecule has 1 saturated heterocycles.